The second-order valence-corrected chi connectivity index (χ2v) is 5.00. The van der Waals surface area contributed by atoms with Crippen molar-refractivity contribution in [2.24, 2.45) is 0 Å². The lowest BCUT2D eigenvalue weighted by Gasteiger charge is -2.16. The van der Waals surface area contributed by atoms with Crippen LogP contribution in [0.15, 0.2) is 17.5 Å². The summed E-state index contributed by atoms with van der Waals surface area (Å²) in [7, 11) is 0. The first-order valence-electron chi connectivity index (χ1n) is 6.15. The monoisotopic (exact) mass is 225 g/mol. The molecule has 0 saturated carbocycles. The first-order chi connectivity index (χ1) is 7.38. The van der Waals surface area contributed by atoms with Crippen LogP contribution in [0.1, 0.15) is 56.9 Å². The molecule has 0 fully saturated rings. The summed E-state index contributed by atoms with van der Waals surface area (Å²) >= 11 is 1.87. The number of unbranched alkanes of at least 4 members (excludes halogenated alkanes) is 2. The zero-order valence-electron chi connectivity index (χ0n) is 9.96. The summed E-state index contributed by atoms with van der Waals surface area (Å²) in [5, 5.41) is 5.84. The third-order valence-corrected chi connectivity index (χ3v) is 3.62. The smallest absolute Gasteiger partial charge is 0.0414 e. The van der Waals surface area contributed by atoms with E-state index in [1.807, 2.05) is 11.3 Å². The van der Waals surface area contributed by atoms with Crippen LogP contribution in [0.3, 0.4) is 0 Å². The summed E-state index contributed by atoms with van der Waals surface area (Å²) in [6.07, 6.45) is 6.47. The molecular weight excluding hydrogens is 202 g/mol. The summed E-state index contributed by atoms with van der Waals surface area (Å²) in [5.41, 5.74) is 0. The maximum Gasteiger partial charge on any atom is 0.0414 e. The number of nitrogens with one attached hydrogen (secondary N) is 1. The molecule has 1 heterocycles. The van der Waals surface area contributed by atoms with Crippen molar-refractivity contribution in [1.82, 2.24) is 5.32 Å². The van der Waals surface area contributed by atoms with Gasteiger partial charge in [-0.05, 0) is 30.8 Å². The summed E-state index contributed by atoms with van der Waals surface area (Å²) in [5.74, 6) is 0. The quantitative estimate of drug-likeness (QED) is 0.648. The average molecular weight is 225 g/mol. The number of hydrogen-bond donors (Lipinski definition) is 1. The Morgan fingerprint density at radius 1 is 1.27 bits per heavy atom. The average Bonchev–Trinajstić information content (AvgIpc) is 2.76. The van der Waals surface area contributed by atoms with Crippen LogP contribution in [-0.4, -0.2) is 6.54 Å². The van der Waals surface area contributed by atoms with Crippen LogP contribution in [0.2, 0.25) is 0 Å². The maximum atomic E-state index is 3.67. The third kappa shape index (κ3) is 4.80. The van der Waals surface area contributed by atoms with Gasteiger partial charge in [-0.15, -0.1) is 11.3 Å². The van der Waals surface area contributed by atoms with Gasteiger partial charge in [-0.25, -0.2) is 0 Å². The molecule has 1 unspecified atom stereocenters. The Kier molecular flexibility index (Phi) is 6.69. The Hall–Kier alpha value is -0.340. The van der Waals surface area contributed by atoms with Crippen molar-refractivity contribution in [2.45, 2.75) is 52.0 Å². The molecule has 0 aromatic carbocycles. The SMILES string of the molecule is CCCCCNC(CCC)c1cccs1. The van der Waals surface area contributed by atoms with Gasteiger partial charge in [-0.2, -0.15) is 0 Å². The highest BCUT2D eigenvalue weighted by Gasteiger charge is 2.09. The molecule has 0 aliphatic carbocycles. The standard InChI is InChI=1S/C13H23NS/c1-3-5-6-10-14-12(8-4-2)13-9-7-11-15-13/h7,9,11-12,14H,3-6,8,10H2,1-2H3. The molecule has 1 aromatic heterocycles. The second kappa shape index (κ2) is 7.89. The van der Waals surface area contributed by atoms with Crippen LogP contribution in [0, 0.1) is 0 Å². The summed E-state index contributed by atoms with van der Waals surface area (Å²) < 4.78 is 0. The van der Waals surface area contributed by atoms with E-state index in [9.17, 15) is 0 Å². The predicted molar refractivity (Wildman–Crippen MR) is 69.5 cm³/mol. The zero-order chi connectivity index (χ0) is 10.9. The highest BCUT2D eigenvalue weighted by atomic mass is 32.1. The van der Waals surface area contributed by atoms with Crippen LogP contribution in [-0.2, 0) is 0 Å². The molecule has 1 nitrogen and oxygen atoms in total. The van der Waals surface area contributed by atoms with E-state index in [1.165, 1.54) is 37.0 Å². The molecule has 1 atom stereocenters. The van der Waals surface area contributed by atoms with E-state index < -0.39 is 0 Å². The second-order valence-electron chi connectivity index (χ2n) is 4.02. The van der Waals surface area contributed by atoms with Gasteiger partial charge in [0.25, 0.3) is 0 Å². The number of hydrogen-bond acceptors (Lipinski definition) is 2. The molecule has 86 valence electrons. The van der Waals surface area contributed by atoms with Crippen molar-refractivity contribution in [2.75, 3.05) is 6.54 Å². The van der Waals surface area contributed by atoms with Gasteiger partial charge in [-0.3, -0.25) is 0 Å². The Labute approximate surface area is 97.9 Å². The van der Waals surface area contributed by atoms with Gasteiger partial charge in [0.2, 0.25) is 0 Å². The minimum Gasteiger partial charge on any atom is -0.309 e. The molecule has 0 bridgehead atoms. The highest BCUT2D eigenvalue weighted by Crippen LogP contribution is 2.23. The highest BCUT2D eigenvalue weighted by molar-refractivity contribution is 7.10. The molecule has 1 rings (SSSR count). The molecule has 0 spiro atoms. The molecule has 0 aliphatic heterocycles. The lowest BCUT2D eigenvalue weighted by Crippen LogP contribution is -2.21. The normalized spacial score (nSPS) is 12.9. The molecule has 0 amide bonds. The Bertz CT molecular complexity index is 231. The molecular formula is C13H23NS. The van der Waals surface area contributed by atoms with Crippen LogP contribution >= 0.6 is 11.3 Å². The molecule has 1 aromatic rings. The van der Waals surface area contributed by atoms with Crippen molar-refractivity contribution >= 4 is 11.3 Å². The van der Waals surface area contributed by atoms with E-state index in [0.717, 1.165) is 6.54 Å². The summed E-state index contributed by atoms with van der Waals surface area (Å²) in [6, 6.07) is 4.99. The van der Waals surface area contributed by atoms with Crippen molar-refractivity contribution in [3.8, 4) is 0 Å². The first kappa shape index (κ1) is 12.7. The van der Waals surface area contributed by atoms with E-state index in [-0.39, 0.29) is 0 Å². The van der Waals surface area contributed by atoms with E-state index in [2.05, 4.69) is 36.7 Å². The Balaban J connectivity index is 2.31. The molecule has 1 N–H and O–H groups in total. The molecule has 15 heavy (non-hydrogen) atoms. The van der Waals surface area contributed by atoms with Crippen molar-refractivity contribution < 1.29 is 0 Å². The maximum absolute atomic E-state index is 3.67. The largest absolute Gasteiger partial charge is 0.309 e. The van der Waals surface area contributed by atoms with Crippen LogP contribution in [0.25, 0.3) is 0 Å². The van der Waals surface area contributed by atoms with Crippen LogP contribution in [0.4, 0.5) is 0 Å². The number of rotatable bonds is 8. The first-order valence-corrected chi connectivity index (χ1v) is 7.03. The fraction of sp³-hybridized carbons (Fsp3) is 0.692. The van der Waals surface area contributed by atoms with Gasteiger partial charge in [0.15, 0.2) is 0 Å². The van der Waals surface area contributed by atoms with Crippen LogP contribution in [0.5, 0.6) is 0 Å². The predicted octanol–water partition coefficient (Wildman–Crippen LogP) is 4.37. The third-order valence-electron chi connectivity index (χ3n) is 2.64. The van der Waals surface area contributed by atoms with Crippen molar-refractivity contribution in [1.29, 1.82) is 0 Å². The molecule has 0 saturated heterocycles. The minimum absolute atomic E-state index is 0.590. The zero-order valence-corrected chi connectivity index (χ0v) is 10.8. The molecule has 0 radical (unpaired) electrons. The minimum atomic E-state index is 0.590. The van der Waals surface area contributed by atoms with Gasteiger partial charge in [0, 0.05) is 10.9 Å². The van der Waals surface area contributed by atoms with Gasteiger partial charge >= 0.3 is 0 Å². The fourth-order valence-electron chi connectivity index (χ4n) is 1.77. The Morgan fingerprint density at radius 3 is 2.73 bits per heavy atom. The van der Waals surface area contributed by atoms with Gasteiger partial charge in [0.05, 0.1) is 0 Å². The van der Waals surface area contributed by atoms with E-state index in [4.69, 9.17) is 0 Å². The van der Waals surface area contributed by atoms with Gasteiger partial charge < -0.3 is 5.32 Å². The van der Waals surface area contributed by atoms with E-state index >= 15 is 0 Å². The lowest BCUT2D eigenvalue weighted by atomic mass is 10.1. The van der Waals surface area contributed by atoms with Gasteiger partial charge in [-0.1, -0.05) is 39.2 Å². The number of thiophene rings is 1. The van der Waals surface area contributed by atoms with Gasteiger partial charge in [0.1, 0.15) is 0 Å². The molecule has 2 heteroatoms. The Morgan fingerprint density at radius 2 is 2.13 bits per heavy atom. The lowest BCUT2D eigenvalue weighted by molar-refractivity contribution is 0.487. The fourth-order valence-corrected chi connectivity index (χ4v) is 2.61. The summed E-state index contributed by atoms with van der Waals surface area (Å²) in [6.45, 7) is 5.67. The van der Waals surface area contributed by atoms with E-state index in [1.54, 1.807) is 0 Å². The molecule has 0 aliphatic rings. The van der Waals surface area contributed by atoms with E-state index in [0.29, 0.717) is 6.04 Å². The van der Waals surface area contributed by atoms with Crippen LogP contribution < -0.4 is 5.32 Å². The van der Waals surface area contributed by atoms with Crippen molar-refractivity contribution in [3.05, 3.63) is 22.4 Å². The summed E-state index contributed by atoms with van der Waals surface area (Å²) in [4.78, 5) is 1.49. The topological polar surface area (TPSA) is 12.0 Å². The van der Waals surface area contributed by atoms with Crippen molar-refractivity contribution in [3.63, 3.8) is 0 Å².